The number of nitrogens with one attached hydrogen (secondary N) is 1. The van der Waals surface area contributed by atoms with Crippen LogP contribution in [0.1, 0.15) is 26.3 Å². The van der Waals surface area contributed by atoms with Crippen molar-refractivity contribution >= 4 is 40.7 Å². The van der Waals surface area contributed by atoms with Crippen molar-refractivity contribution in [3.8, 4) is 0 Å². The van der Waals surface area contributed by atoms with Crippen LogP contribution >= 0.6 is 23.4 Å². The Bertz CT molecular complexity index is 953. The van der Waals surface area contributed by atoms with Gasteiger partial charge in [0.25, 0.3) is 5.91 Å². The van der Waals surface area contributed by atoms with Gasteiger partial charge in [-0.3, -0.25) is 9.59 Å². The highest BCUT2D eigenvalue weighted by molar-refractivity contribution is 8.00. The molecule has 136 valence electrons. The van der Waals surface area contributed by atoms with Crippen LogP contribution < -0.4 is 5.32 Å². The summed E-state index contributed by atoms with van der Waals surface area (Å²) in [5.74, 6) is 0.192. The molecule has 0 fully saturated rings. The second-order valence-electron chi connectivity index (χ2n) is 6.07. The molecule has 0 bridgehead atoms. The molecule has 3 aromatic rings. The minimum absolute atomic E-state index is 0.0331. The van der Waals surface area contributed by atoms with Crippen LogP contribution in [0.4, 0.5) is 5.69 Å². The van der Waals surface area contributed by atoms with Crippen molar-refractivity contribution in [1.82, 2.24) is 0 Å². The number of halogens is 1. The van der Waals surface area contributed by atoms with E-state index < -0.39 is 0 Å². The average Bonchev–Trinajstić information content (AvgIpc) is 2.67. The molecule has 0 atom stereocenters. The molecule has 0 spiro atoms. The number of Topliss-reactive ketones (excluding diaryl/α,β-unsaturated/α-hetero) is 1. The number of amides is 1. The molecule has 0 aliphatic heterocycles. The predicted molar refractivity (Wildman–Crippen MR) is 112 cm³/mol. The topological polar surface area (TPSA) is 46.2 Å². The highest BCUT2D eigenvalue weighted by atomic mass is 35.5. The number of anilines is 1. The summed E-state index contributed by atoms with van der Waals surface area (Å²) in [4.78, 5) is 25.5. The zero-order valence-electron chi connectivity index (χ0n) is 14.7. The number of aryl methyl sites for hydroxylation is 1. The van der Waals surface area contributed by atoms with E-state index in [9.17, 15) is 9.59 Å². The van der Waals surface area contributed by atoms with Gasteiger partial charge in [0.1, 0.15) is 0 Å². The smallest absolute Gasteiger partial charge is 0.255 e. The van der Waals surface area contributed by atoms with Gasteiger partial charge in [-0.15, -0.1) is 11.8 Å². The summed E-state index contributed by atoms with van der Waals surface area (Å²) in [7, 11) is 0. The van der Waals surface area contributed by atoms with E-state index in [1.807, 2.05) is 43.3 Å². The maximum atomic E-state index is 12.3. The Hall–Kier alpha value is -2.56. The molecule has 0 radical (unpaired) electrons. The summed E-state index contributed by atoms with van der Waals surface area (Å²) >= 11 is 7.28. The molecular weight excluding hydrogens is 378 g/mol. The third-order valence-electron chi connectivity index (χ3n) is 3.94. The highest BCUT2D eigenvalue weighted by Crippen LogP contribution is 2.23. The number of rotatable bonds is 6. The Labute approximate surface area is 167 Å². The van der Waals surface area contributed by atoms with Crippen LogP contribution in [0.25, 0.3) is 0 Å². The van der Waals surface area contributed by atoms with Gasteiger partial charge in [-0.1, -0.05) is 35.4 Å². The molecule has 1 amide bonds. The van der Waals surface area contributed by atoms with Crippen LogP contribution in [0, 0.1) is 6.92 Å². The van der Waals surface area contributed by atoms with Gasteiger partial charge < -0.3 is 5.32 Å². The lowest BCUT2D eigenvalue weighted by molar-refractivity contribution is 0.101. The van der Waals surface area contributed by atoms with Crippen molar-refractivity contribution < 1.29 is 9.59 Å². The number of carbonyl (C=O) groups excluding carboxylic acids is 2. The van der Waals surface area contributed by atoms with Crippen LogP contribution in [0.2, 0.25) is 5.02 Å². The van der Waals surface area contributed by atoms with Gasteiger partial charge in [-0.25, -0.2) is 0 Å². The summed E-state index contributed by atoms with van der Waals surface area (Å²) in [5, 5.41) is 3.50. The number of thioether (sulfide) groups is 1. The summed E-state index contributed by atoms with van der Waals surface area (Å²) in [5.41, 5.74) is 3.05. The molecule has 3 nitrogen and oxygen atoms in total. The summed E-state index contributed by atoms with van der Waals surface area (Å²) in [6.45, 7) is 1.98. The largest absolute Gasteiger partial charge is 0.322 e. The number of hydrogen-bond donors (Lipinski definition) is 1. The number of ketones is 1. The zero-order chi connectivity index (χ0) is 19.2. The van der Waals surface area contributed by atoms with Crippen molar-refractivity contribution in [2.75, 3.05) is 11.1 Å². The van der Waals surface area contributed by atoms with E-state index in [0.29, 0.717) is 27.6 Å². The number of benzene rings is 3. The quantitative estimate of drug-likeness (QED) is 0.419. The highest BCUT2D eigenvalue weighted by Gasteiger charge is 2.09. The van der Waals surface area contributed by atoms with Gasteiger partial charge in [0.2, 0.25) is 0 Å². The molecule has 0 saturated carbocycles. The van der Waals surface area contributed by atoms with E-state index in [2.05, 4.69) is 5.32 Å². The Kier molecular flexibility index (Phi) is 6.32. The predicted octanol–water partition coefficient (Wildman–Crippen LogP) is 5.88. The molecule has 5 heteroatoms. The van der Waals surface area contributed by atoms with Gasteiger partial charge >= 0.3 is 0 Å². The molecule has 27 heavy (non-hydrogen) atoms. The van der Waals surface area contributed by atoms with Crippen LogP contribution in [0.5, 0.6) is 0 Å². The van der Waals surface area contributed by atoms with E-state index in [1.54, 1.807) is 36.4 Å². The fourth-order valence-corrected chi connectivity index (χ4v) is 3.42. The first-order valence-corrected chi connectivity index (χ1v) is 9.77. The molecule has 1 N–H and O–H groups in total. The van der Waals surface area contributed by atoms with Gasteiger partial charge in [0.05, 0.1) is 5.75 Å². The molecule has 0 heterocycles. The zero-order valence-corrected chi connectivity index (χ0v) is 16.3. The van der Waals surface area contributed by atoms with Gasteiger partial charge in [-0.05, 0) is 61.5 Å². The Balaban J connectivity index is 1.61. The number of carbonyl (C=O) groups is 2. The Morgan fingerprint density at radius 1 is 0.926 bits per heavy atom. The van der Waals surface area contributed by atoms with Crippen molar-refractivity contribution in [3.05, 3.63) is 94.5 Å². The van der Waals surface area contributed by atoms with Crippen LogP contribution in [0.3, 0.4) is 0 Å². The maximum absolute atomic E-state index is 12.3. The molecule has 0 aliphatic rings. The first-order valence-electron chi connectivity index (χ1n) is 8.41. The van der Waals surface area contributed by atoms with E-state index in [0.717, 1.165) is 10.5 Å². The fourth-order valence-electron chi connectivity index (χ4n) is 2.44. The second kappa shape index (κ2) is 8.89. The summed E-state index contributed by atoms with van der Waals surface area (Å²) in [6, 6.07) is 21.8. The Morgan fingerprint density at radius 2 is 1.59 bits per heavy atom. The fraction of sp³-hybridized carbons (Fsp3) is 0.0909. The third kappa shape index (κ3) is 5.46. The van der Waals surface area contributed by atoms with Crippen molar-refractivity contribution in [3.63, 3.8) is 0 Å². The minimum Gasteiger partial charge on any atom is -0.322 e. The lowest BCUT2D eigenvalue weighted by Crippen LogP contribution is -2.11. The molecule has 0 saturated heterocycles. The van der Waals surface area contributed by atoms with E-state index in [1.165, 1.54) is 11.8 Å². The van der Waals surface area contributed by atoms with Gasteiger partial charge in [-0.2, -0.15) is 0 Å². The maximum Gasteiger partial charge on any atom is 0.255 e. The van der Waals surface area contributed by atoms with Gasteiger partial charge in [0.15, 0.2) is 5.78 Å². The summed E-state index contributed by atoms with van der Waals surface area (Å²) < 4.78 is 0. The van der Waals surface area contributed by atoms with Crippen LogP contribution in [-0.2, 0) is 0 Å². The monoisotopic (exact) mass is 395 g/mol. The lowest BCUT2D eigenvalue weighted by atomic mass is 10.1. The molecule has 3 aromatic carbocycles. The Morgan fingerprint density at radius 3 is 2.30 bits per heavy atom. The molecule has 0 unspecified atom stereocenters. The van der Waals surface area contributed by atoms with Crippen LogP contribution in [-0.4, -0.2) is 17.4 Å². The molecule has 0 aliphatic carbocycles. The standard InChI is InChI=1S/C22H18ClNO2S/c1-15-5-7-17(8-6-15)22(26)24-19-3-2-4-20(13-19)27-14-21(25)16-9-11-18(23)12-10-16/h2-13H,14H2,1H3,(H,24,26). The molecule has 3 rings (SSSR count). The van der Waals surface area contributed by atoms with Crippen molar-refractivity contribution in [1.29, 1.82) is 0 Å². The average molecular weight is 396 g/mol. The summed E-state index contributed by atoms with van der Waals surface area (Å²) in [6.07, 6.45) is 0. The first-order chi connectivity index (χ1) is 13.0. The lowest BCUT2D eigenvalue weighted by Gasteiger charge is -2.08. The number of hydrogen-bond acceptors (Lipinski definition) is 3. The normalized spacial score (nSPS) is 10.4. The third-order valence-corrected chi connectivity index (χ3v) is 5.19. The SMILES string of the molecule is Cc1ccc(C(=O)Nc2cccc(SCC(=O)c3ccc(Cl)cc3)c2)cc1. The van der Waals surface area contributed by atoms with E-state index >= 15 is 0 Å². The van der Waals surface area contributed by atoms with Crippen molar-refractivity contribution in [2.24, 2.45) is 0 Å². The van der Waals surface area contributed by atoms with Crippen molar-refractivity contribution in [2.45, 2.75) is 11.8 Å². The molecule has 0 aromatic heterocycles. The second-order valence-corrected chi connectivity index (χ2v) is 7.55. The van der Waals surface area contributed by atoms with Crippen LogP contribution in [0.15, 0.2) is 77.7 Å². The first kappa shape index (κ1) is 19.2. The van der Waals surface area contributed by atoms with E-state index in [4.69, 9.17) is 11.6 Å². The molecular formula is C22H18ClNO2S. The van der Waals surface area contributed by atoms with E-state index in [-0.39, 0.29) is 11.7 Å². The minimum atomic E-state index is -0.158. The van der Waals surface area contributed by atoms with Gasteiger partial charge in [0, 0.05) is 26.7 Å².